The van der Waals surface area contributed by atoms with E-state index in [1.807, 2.05) is 29.0 Å². The van der Waals surface area contributed by atoms with Crippen molar-refractivity contribution in [2.24, 2.45) is 23.7 Å². The molecule has 5 atom stereocenters. The van der Waals surface area contributed by atoms with Gasteiger partial charge >= 0.3 is 0 Å². The van der Waals surface area contributed by atoms with Crippen LogP contribution in [0.25, 0.3) is 10.7 Å². The molecule has 0 unspecified atom stereocenters. The molecule has 0 spiro atoms. The van der Waals surface area contributed by atoms with Gasteiger partial charge in [-0.3, -0.25) is 14.5 Å². The highest BCUT2D eigenvalue weighted by atomic mass is 32.1. The molecule has 2 N–H and O–H groups in total. The van der Waals surface area contributed by atoms with E-state index in [4.69, 9.17) is 12.2 Å². The Morgan fingerprint density at radius 2 is 2.21 bits per heavy atom. The van der Waals surface area contributed by atoms with Gasteiger partial charge in [-0.1, -0.05) is 6.07 Å². The van der Waals surface area contributed by atoms with Crippen molar-refractivity contribution in [3.05, 3.63) is 22.3 Å². The summed E-state index contributed by atoms with van der Waals surface area (Å²) in [6.45, 7) is 1.91. The first kappa shape index (κ1) is 14.8. The number of carbonyl (C=O) groups excluding carboxylic acids is 1. The van der Waals surface area contributed by atoms with Crippen molar-refractivity contribution in [3.63, 3.8) is 0 Å². The average Bonchev–Trinajstić information content (AvgIpc) is 3.12. The quantitative estimate of drug-likeness (QED) is 0.822. The third-order valence-electron chi connectivity index (χ3n) is 6.26. The van der Waals surface area contributed by atoms with E-state index in [-0.39, 0.29) is 11.9 Å². The van der Waals surface area contributed by atoms with Crippen LogP contribution in [0.1, 0.15) is 32.2 Å². The number of amides is 1. The van der Waals surface area contributed by atoms with Gasteiger partial charge in [-0.05, 0) is 73.5 Å². The molecule has 0 aromatic carbocycles. The van der Waals surface area contributed by atoms with Gasteiger partial charge in [0, 0.05) is 6.04 Å². The van der Waals surface area contributed by atoms with Crippen molar-refractivity contribution < 1.29 is 4.79 Å². The highest BCUT2D eigenvalue weighted by molar-refractivity contribution is 7.71. The summed E-state index contributed by atoms with van der Waals surface area (Å²) in [7, 11) is 0. The first-order valence-corrected chi connectivity index (χ1v) is 9.95. The number of thiophene rings is 1. The van der Waals surface area contributed by atoms with Gasteiger partial charge in [-0.25, -0.2) is 0 Å². The lowest BCUT2D eigenvalue weighted by Gasteiger charge is -2.17. The maximum atomic E-state index is 12.8. The number of fused-ring (bicyclic) bond motifs is 5. The zero-order valence-corrected chi connectivity index (χ0v) is 15.1. The van der Waals surface area contributed by atoms with Gasteiger partial charge in [-0.15, -0.1) is 11.3 Å². The van der Waals surface area contributed by atoms with Gasteiger partial charge in [0.05, 0.1) is 4.88 Å². The summed E-state index contributed by atoms with van der Waals surface area (Å²) in [6, 6.07) is 4.03. The van der Waals surface area contributed by atoms with E-state index in [2.05, 4.69) is 15.5 Å². The van der Waals surface area contributed by atoms with E-state index in [0.29, 0.717) is 10.8 Å². The molecule has 3 fully saturated rings. The smallest absolute Gasteiger partial charge is 0.243 e. The van der Waals surface area contributed by atoms with E-state index >= 15 is 0 Å². The second-order valence-corrected chi connectivity index (χ2v) is 8.73. The molecular weight excluding hydrogens is 340 g/mol. The van der Waals surface area contributed by atoms with Gasteiger partial charge < -0.3 is 5.32 Å². The molecule has 0 aliphatic heterocycles. The Balaban J connectivity index is 1.36. The van der Waals surface area contributed by atoms with Gasteiger partial charge in [0.1, 0.15) is 6.04 Å². The minimum absolute atomic E-state index is 0.0594. The van der Waals surface area contributed by atoms with Crippen molar-refractivity contribution in [2.45, 2.75) is 38.3 Å². The maximum Gasteiger partial charge on any atom is 0.243 e. The molecule has 2 aromatic rings. The lowest BCUT2D eigenvalue weighted by atomic mass is 10.0. The fourth-order valence-corrected chi connectivity index (χ4v) is 6.16. The summed E-state index contributed by atoms with van der Waals surface area (Å²) in [6.07, 6.45) is 4.12. The first-order chi connectivity index (χ1) is 11.6. The number of aromatic amines is 1. The topological polar surface area (TPSA) is 62.7 Å². The van der Waals surface area contributed by atoms with Crippen molar-refractivity contribution in [3.8, 4) is 10.7 Å². The Hall–Kier alpha value is -1.47. The van der Waals surface area contributed by atoms with Crippen molar-refractivity contribution in [1.29, 1.82) is 0 Å². The number of H-pyrrole nitrogens is 1. The minimum Gasteiger partial charge on any atom is -0.351 e. The Morgan fingerprint density at radius 1 is 1.46 bits per heavy atom. The van der Waals surface area contributed by atoms with E-state index in [9.17, 15) is 4.79 Å². The molecule has 3 saturated carbocycles. The van der Waals surface area contributed by atoms with Crippen LogP contribution in [0, 0.1) is 28.4 Å². The Morgan fingerprint density at radius 3 is 2.88 bits per heavy atom. The predicted molar refractivity (Wildman–Crippen MR) is 95.2 cm³/mol. The summed E-state index contributed by atoms with van der Waals surface area (Å²) >= 11 is 6.97. The average molecular weight is 361 g/mol. The molecule has 5 nitrogen and oxygen atoms in total. The number of hydrogen-bond acceptors (Lipinski definition) is 4. The maximum absolute atomic E-state index is 12.8. The van der Waals surface area contributed by atoms with Gasteiger partial charge in [0.25, 0.3) is 0 Å². The van der Waals surface area contributed by atoms with Crippen molar-refractivity contribution >= 4 is 29.5 Å². The van der Waals surface area contributed by atoms with Gasteiger partial charge in [0.2, 0.25) is 5.91 Å². The molecule has 1 amide bonds. The minimum atomic E-state index is -0.354. The van der Waals surface area contributed by atoms with E-state index in [0.717, 1.165) is 34.4 Å². The van der Waals surface area contributed by atoms with Crippen molar-refractivity contribution in [1.82, 2.24) is 20.1 Å². The molecule has 7 heteroatoms. The molecule has 0 radical (unpaired) electrons. The zero-order chi connectivity index (χ0) is 16.4. The fraction of sp³-hybridized carbons (Fsp3) is 0.588. The van der Waals surface area contributed by atoms with Crippen LogP contribution >= 0.6 is 23.6 Å². The molecule has 2 aromatic heterocycles. The second kappa shape index (κ2) is 5.26. The number of carbonyl (C=O) groups is 1. The fourth-order valence-electron chi connectivity index (χ4n) is 5.16. The molecule has 0 saturated heterocycles. The number of nitrogens with zero attached hydrogens (tertiary/aromatic N) is 2. The second-order valence-electron chi connectivity index (χ2n) is 7.40. The summed E-state index contributed by atoms with van der Waals surface area (Å²) in [5.74, 6) is 4.01. The summed E-state index contributed by atoms with van der Waals surface area (Å²) in [5.41, 5.74) is 0. The number of nitrogens with one attached hydrogen (secondary N) is 2. The number of rotatable bonds is 4. The number of hydrogen-bond donors (Lipinski definition) is 2. The van der Waals surface area contributed by atoms with Gasteiger partial charge in [-0.2, -0.15) is 5.10 Å². The van der Waals surface area contributed by atoms with Crippen LogP contribution in [0.4, 0.5) is 0 Å². The summed E-state index contributed by atoms with van der Waals surface area (Å²) in [5, 5.41) is 12.5. The van der Waals surface area contributed by atoms with E-state index in [1.54, 1.807) is 11.3 Å². The Kier molecular flexibility index (Phi) is 3.25. The highest BCUT2D eigenvalue weighted by Gasteiger charge is 2.65. The SMILES string of the molecule is C[C@H](C(=O)NC1[C@H]2[C@H]3CC[C@@H](C3)[C@H]12)n1c(-c2cccs2)n[nH]c1=S. The largest absolute Gasteiger partial charge is 0.351 e. The first-order valence-electron chi connectivity index (χ1n) is 8.66. The van der Waals surface area contributed by atoms with Crippen LogP contribution in [-0.4, -0.2) is 26.7 Å². The molecule has 126 valence electrons. The molecule has 3 aliphatic carbocycles. The molecule has 24 heavy (non-hydrogen) atoms. The molecule has 3 aliphatic rings. The standard InChI is InChI=1S/C17H20N4OS2/c1-8(21-15(19-20-17(21)23)11-3-2-6-24-11)16(22)18-14-12-9-4-5-10(7-9)13(12)14/h2-3,6,8-10,12-14H,4-5,7H2,1H3,(H,18,22)(H,20,23)/t8-,9+,10+,12+,13+/m1/s1. The third kappa shape index (κ3) is 2.07. The molecule has 2 heterocycles. The monoisotopic (exact) mass is 360 g/mol. The van der Waals surface area contributed by atoms with E-state index in [1.165, 1.54) is 19.3 Å². The lowest BCUT2D eigenvalue weighted by Crippen LogP contribution is -2.35. The van der Waals surface area contributed by atoms with Crippen LogP contribution in [0.2, 0.25) is 0 Å². The van der Waals surface area contributed by atoms with E-state index < -0.39 is 0 Å². The molecule has 5 rings (SSSR count). The van der Waals surface area contributed by atoms with Crippen LogP contribution in [0.3, 0.4) is 0 Å². The van der Waals surface area contributed by atoms with Crippen LogP contribution in [0.15, 0.2) is 17.5 Å². The summed E-state index contributed by atoms with van der Waals surface area (Å²) in [4.78, 5) is 13.8. The molecular formula is C17H20N4OS2. The lowest BCUT2D eigenvalue weighted by molar-refractivity contribution is -0.124. The van der Waals surface area contributed by atoms with Crippen LogP contribution in [0.5, 0.6) is 0 Å². The molecule has 2 bridgehead atoms. The number of aromatic nitrogens is 3. The van der Waals surface area contributed by atoms with Crippen LogP contribution < -0.4 is 5.32 Å². The Bertz CT molecular complexity index is 823. The predicted octanol–water partition coefficient (Wildman–Crippen LogP) is 3.39. The highest BCUT2D eigenvalue weighted by Crippen LogP contribution is 2.65. The normalized spacial score (nSPS) is 34.1. The van der Waals surface area contributed by atoms with Gasteiger partial charge in [0.15, 0.2) is 10.6 Å². The summed E-state index contributed by atoms with van der Waals surface area (Å²) < 4.78 is 2.33. The zero-order valence-electron chi connectivity index (χ0n) is 13.4. The van der Waals surface area contributed by atoms with Crippen LogP contribution in [-0.2, 0) is 4.79 Å². The Labute approximate surface area is 149 Å². The van der Waals surface area contributed by atoms with Crippen molar-refractivity contribution in [2.75, 3.05) is 0 Å². The third-order valence-corrected chi connectivity index (χ3v) is 7.41.